The SMILES string of the molecule is CC(C)(C)OC(=O)N1CCNC(c2cc(-c3sccc3Cl)c(C(F)(F)F)nn2)C1. The first-order valence-corrected chi connectivity index (χ1v) is 10.1. The highest BCUT2D eigenvalue weighted by Crippen LogP contribution is 2.41. The minimum atomic E-state index is -4.67. The topological polar surface area (TPSA) is 67.3 Å². The molecule has 11 heteroatoms. The Kier molecular flexibility index (Phi) is 6.07. The second kappa shape index (κ2) is 8.08. The number of carbonyl (C=O) groups is 1. The van der Waals surface area contributed by atoms with E-state index in [0.29, 0.717) is 18.8 Å². The molecule has 0 bridgehead atoms. The molecule has 29 heavy (non-hydrogen) atoms. The molecule has 0 spiro atoms. The van der Waals surface area contributed by atoms with Gasteiger partial charge in [-0.25, -0.2) is 4.79 Å². The summed E-state index contributed by atoms with van der Waals surface area (Å²) in [5.41, 5.74) is -1.57. The Morgan fingerprint density at radius 1 is 1.34 bits per heavy atom. The van der Waals surface area contributed by atoms with E-state index in [0.717, 1.165) is 11.3 Å². The number of hydrogen-bond acceptors (Lipinski definition) is 6. The van der Waals surface area contributed by atoms with Crippen molar-refractivity contribution >= 4 is 29.0 Å². The highest BCUT2D eigenvalue weighted by Gasteiger charge is 2.38. The van der Waals surface area contributed by atoms with E-state index >= 15 is 0 Å². The summed E-state index contributed by atoms with van der Waals surface area (Å²) < 4.78 is 45.7. The summed E-state index contributed by atoms with van der Waals surface area (Å²) in [5.74, 6) is 0. The largest absolute Gasteiger partial charge is 0.444 e. The van der Waals surface area contributed by atoms with Gasteiger partial charge in [-0.2, -0.15) is 18.3 Å². The number of carbonyl (C=O) groups excluding carboxylic acids is 1. The number of thiophene rings is 1. The molecule has 1 N–H and O–H groups in total. The van der Waals surface area contributed by atoms with Crippen LogP contribution in [0.5, 0.6) is 0 Å². The van der Waals surface area contributed by atoms with Crippen LogP contribution in [0.25, 0.3) is 10.4 Å². The van der Waals surface area contributed by atoms with Gasteiger partial charge in [-0.05, 0) is 38.3 Å². The maximum atomic E-state index is 13.4. The molecule has 0 radical (unpaired) electrons. The van der Waals surface area contributed by atoms with Gasteiger partial charge < -0.3 is 15.0 Å². The highest BCUT2D eigenvalue weighted by atomic mass is 35.5. The molecule has 1 aliphatic heterocycles. The van der Waals surface area contributed by atoms with Crippen LogP contribution in [0.2, 0.25) is 5.02 Å². The molecule has 2 aromatic rings. The van der Waals surface area contributed by atoms with Crippen molar-refractivity contribution in [3.8, 4) is 10.4 Å². The predicted octanol–water partition coefficient (Wildman–Crippen LogP) is 4.76. The number of aromatic nitrogens is 2. The van der Waals surface area contributed by atoms with Gasteiger partial charge in [0.1, 0.15) is 5.60 Å². The third kappa shape index (κ3) is 5.18. The first-order valence-electron chi connectivity index (χ1n) is 8.85. The van der Waals surface area contributed by atoms with Gasteiger partial charge in [0.15, 0.2) is 5.69 Å². The van der Waals surface area contributed by atoms with Crippen molar-refractivity contribution in [2.24, 2.45) is 0 Å². The van der Waals surface area contributed by atoms with E-state index in [4.69, 9.17) is 16.3 Å². The van der Waals surface area contributed by atoms with Crippen molar-refractivity contribution in [1.82, 2.24) is 20.4 Å². The van der Waals surface area contributed by atoms with E-state index in [1.165, 1.54) is 17.0 Å². The number of halogens is 4. The van der Waals surface area contributed by atoms with Gasteiger partial charge in [-0.1, -0.05) is 11.6 Å². The van der Waals surface area contributed by atoms with E-state index in [1.807, 2.05) is 0 Å². The summed E-state index contributed by atoms with van der Waals surface area (Å²) >= 11 is 7.17. The van der Waals surface area contributed by atoms with Gasteiger partial charge in [-0.15, -0.1) is 16.4 Å². The van der Waals surface area contributed by atoms with Gasteiger partial charge in [0.25, 0.3) is 0 Å². The zero-order valence-electron chi connectivity index (χ0n) is 16.0. The second-order valence-corrected chi connectivity index (χ2v) is 8.88. The molecule has 1 fully saturated rings. The molecular weight excluding hydrogens is 429 g/mol. The molecule has 1 atom stereocenters. The molecule has 0 aliphatic carbocycles. The molecule has 158 valence electrons. The van der Waals surface area contributed by atoms with Crippen LogP contribution in [-0.2, 0) is 10.9 Å². The molecule has 1 aliphatic rings. The standard InChI is InChI=1S/C18H20ClF3N4O2S/c1-17(2,3)28-16(27)26-6-5-23-13(9-26)12-8-10(14-11(19)4-7-29-14)15(25-24-12)18(20,21)22/h4,7-8,13,23H,5-6,9H2,1-3H3. The Balaban J connectivity index is 1.91. The fraction of sp³-hybridized carbons (Fsp3) is 0.500. The number of piperazine rings is 1. The van der Waals surface area contributed by atoms with Crippen molar-refractivity contribution in [3.05, 3.63) is 33.9 Å². The number of nitrogens with one attached hydrogen (secondary N) is 1. The molecule has 1 unspecified atom stereocenters. The smallest absolute Gasteiger partial charge is 0.435 e. The van der Waals surface area contributed by atoms with Crippen LogP contribution >= 0.6 is 22.9 Å². The predicted molar refractivity (Wildman–Crippen MR) is 104 cm³/mol. The summed E-state index contributed by atoms with van der Waals surface area (Å²) in [5, 5.41) is 12.2. The molecule has 3 rings (SSSR count). The van der Waals surface area contributed by atoms with E-state index in [1.54, 1.807) is 26.2 Å². The lowest BCUT2D eigenvalue weighted by molar-refractivity contribution is -0.141. The monoisotopic (exact) mass is 448 g/mol. The first kappa shape index (κ1) is 21.8. The maximum Gasteiger partial charge on any atom is 0.435 e. The van der Waals surface area contributed by atoms with Crippen LogP contribution in [-0.4, -0.2) is 46.4 Å². The summed E-state index contributed by atoms with van der Waals surface area (Å²) in [4.78, 5) is 14.1. The Labute approximate surface area is 175 Å². The average molecular weight is 449 g/mol. The second-order valence-electron chi connectivity index (χ2n) is 7.56. The van der Waals surface area contributed by atoms with Gasteiger partial charge in [0, 0.05) is 25.2 Å². The van der Waals surface area contributed by atoms with Gasteiger partial charge in [0.05, 0.1) is 21.6 Å². The minimum Gasteiger partial charge on any atom is -0.444 e. The van der Waals surface area contributed by atoms with Crippen LogP contribution < -0.4 is 5.32 Å². The van der Waals surface area contributed by atoms with Crippen LogP contribution in [0.15, 0.2) is 17.5 Å². The van der Waals surface area contributed by atoms with Gasteiger partial charge >= 0.3 is 12.3 Å². The van der Waals surface area contributed by atoms with Crippen molar-refractivity contribution in [2.45, 2.75) is 38.6 Å². The molecule has 6 nitrogen and oxygen atoms in total. The maximum absolute atomic E-state index is 13.4. The summed E-state index contributed by atoms with van der Waals surface area (Å²) in [6.07, 6.45) is -5.15. The number of hydrogen-bond donors (Lipinski definition) is 1. The Morgan fingerprint density at radius 3 is 2.66 bits per heavy atom. The zero-order valence-corrected chi connectivity index (χ0v) is 17.6. The molecule has 0 aromatic carbocycles. The summed E-state index contributed by atoms with van der Waals surface area (Å²) in [6, 6.07) is 2.39. The lowest BCUT2D eigenvalue weighted by Crippen LogP contribution is -2.50. The number of rotatable bonds is 2. The average Bonchev–Trinajstić information content (AvgIpc) is 3.05. The third-order valence-electron chi connectivity index (χ3n) is 4.13. The minimum absolute atomic E-state index is 0.126. The highest BCUT2D eigenvalue weighted by molar-refractivity contribution is 7.14. The van der Waals surface area contributed by atoms with Gasteiger partial charge in [-0.3, -0.25) is 0 Å². The number of amides is 1. The van der Waals surface area contributed by atoms with Crippen molar-refractivity contribution in [3.63, 3.8) is 0 Å². The summed E-state index contributed by atoms with van der Waals surface area (Å²) in [6.45, 7) is 6.37. The normalized spacial score (nSPS) is 18.0. The van der Waals surface area contributed by atoms with Crippen LogP contribution in [0.4, 0.5) is 18.0 Å². The van der Waals surface area contributed by atoms with E-state index in [9.17, 15) is 18.0 Å². The number of alkyl halides is 3. The first-order chi connectivity index (χ1) is 13.5. The Bertz CT molecular complexity index is 898. The van der Waals surface area contributed by atoms with Crippen molar-refractivity contribution < 1.29 is 22.7 Å². The third-order valence-corrected chi connectivity index (χ3v) is 5.50. The fourth-order valence-corrected chi connectivity index (χ4v) is 4.06. The van der Waals surface area contributed by atoms with E-state index in [2.05, 4.69) is 15.5 Å². The summed E-state index contributed by atoms with van der Waals surface area (Å²) in [7, 11) is 0. The number of nitrogens with zero attached hydrogens (tertiary/aromatic N) is 3. The van der Waals surface area contributed by atoms with E-state index in [-0.39, 0.29) is 22.0 Å². The molecule has 0 saturated carbocycles. The van der Waals surface area contributed by atoms with Crippen LogP contribution in [0, 0.1) is 0 Å². The van der Waals surface area contributed by atoms with Crippen molar-refractivity contribution in [2.75, 3.05) is 19.6 Å². The molecular formula is C18H20ClF3N4O2S. The lowest BCUT2D eigenvalue weighted by atomic mass is 10.1. The zero-order chi connectivity index (χ0) is 21.4. The molecule has 1 saturated heterocycles. The lowest BCUT2D eigenvalue weighted by Gasteiger charge is -2.34. The van der Waals surface area contributed by atoms with E-state index < -0.39 is 29.6 Å². The fourth-order valence-electron chi connectivity index (χ4n) is 2.89. The van der Waals surface area contributed by atoms with Crippen LogP contribution in [0.3, 0.4) is 0 Å². The molecule has 2 aromatic heterocycles. The Hall–Kier alpha value is -1.91. The molecule has 1 amide bonds. The van der Waals surface area contributed by atoms with Crippen LogP contribution in [0.1, 0.15) is 38.2 Å². The van der Waals surface area contributed by atoms with Gasteiger partial charge in [0.2, 0.25) is 0 Å². The number of ether oxygens (including phenoxy) is 1. The quantitative estimate of drug-likeness (QED) is 0.717. The molecule has 3 heterocycles. The Morgan fingerprint density at radius 2 is 2.07 bits per heavy atom. The van der Waals surface area contributed by atoms with Crippen molar-refractivity contribution in [1.29, 1.82) is 0 Å².